The highest BCUT2D eigenvalue weighted by molar-refractivity contribution is 14.2. The van der Waals surface area contributed by atoms with Gasteiger partial charge in [-0.2, -0.15) is 0 Å². The molecule has 5 nitrogen and oxygen atoms in total. The van der Waals surface area contributed by atoms with Crippen LogP contribution in [0.2, 0.25) is 0 Å². The van der Waals surface area contributed by atoms with Crippen molar-refractivity contribution >= 4 is 67.1 Å². The molecule has 0 aliphatic carbocycles. The van der Waals surface area contributed by atoms with Gasteiger partial charge in [-0.1, -0.05) is 6.07 Å². The minimum Gasteiger partial charge on any atom is -0.486 e. The zero-order chi connectivity index (χ0) is 15.8. The summed E-state index contributed by atoms with van der Waals surface area (Å²) >= 11 is 3.99. The van der Waals surface area contributed by atoms with Gasteiger partial charge in [0, 0.05) is 60.7 Å². The van der Waals surface area contributed by atoms with Crippen LogP contribution < -0.4 is 13.1 Å². The summed E-state index contributed by atoms with van der Waals surface area (Å²) < 4.78 is 16.5. The molecule has 1 heterocycles. The third kappa shape index (κ3) is 5.06. The average Bonchev–Trinajstić information content (AvgIpc) is 2.54. The minimum atomic E-state index is 0.249. The van der Waals surface area contributed by atoms with E-state index in [-0.39, 0.29) is 6.61 Å². The number of hydrogen-bond acceptors (Lipinski definition) is 7. The predicted molar refractivity (Wildman–Crippen MR) is 105 cm³/mol. The van der Waals surface area contributed by atoms with Gasteiger partial charge in [-0.25, -0.2) is 0 Å². The van der Waals surface area contributed by atoms with Crippen molar-refractivity contribution in [3.8, 4) is 17.2 Å². The SMILES string of the molecule is O=Cc1c(OCc2ccccn2)cc(OSI)cc1OSI. The Morgan fingerprint density at radius 1 is 1.14 bits per heavy atom. The molecule has 0 unspecified atom stereocenters. The molecule has 0 radical (unpaired) electrons. The zero-order valence-electron chi connectivity index (χ0n) is 10.9. The topological polar surface area (TPSA) is 57.7 Å². The predicted octanol–water partition coefficient (Wildman–Crippen LogP) is 5.23. The Balaban J connectivity index is 2.28. The van der Waals surface area contributed by atoms with Gasteiger partial charge in [-0.15, -0.1) is 0 Å². The average molecular weight is 561 g/mol. The van der Waals surface area contributed by atoms with Crippen LogP contribution in [0.4, 0.5) is 0 Å². The van der Waals surface area contributed by atoms with Gasteiger partial charge in [-0.05, 0) is 12.1 Å². The maximum Gasteiger partial charge on any atom is 0.157 e. The summed E-state index contributed by atoms with van der Waals surface area (Å²) in [7, 11) is 2.28. The van der Waals surface area contributed by atoms with E-state index in [0.717, 1.165) is 14.9 Å². The van der Waals surface area contributed by atoms with E-state index in [2.05, 4.69) is 4.98 Å². The van der Waals surface area contributed by atoms with E-state index in [1.54, 1.807) is 18.3 Å². The summed E-state index contributed by atoms with van der Waals surface area (Å²) in [5.41, 5.74) is 1.10. The molecule has 0 fully saturated rings. The number of ether oxygens (including phenoxy) is 1. The molecule has 0 atom stereocenters. The van der Waals surface area contributed by atoms with Crippen LogP contribution in [0.15, 0.2) is 36.5 Å². The third-order valence-corrected chi connectivity index (χ3v) is 4.12. The summed E-state index contributed by atoms with van der Waals surface area (Å²) in [4.78, 5) is 15.5. The molecule has 1 aromatic carbocycles. The van der Waals surface area contributed by atoms with E-state index in [0.29, 0.717) is 29.1 Å². The molecule has 9 heteroatoms. The van der Waals surface area contributed by atoms with Gasteiger partial charge in [0.25, 0.3) is 0 Å². The second kappa shape index (κ2) is 9.67. The van der Waals surface area contributed by atoms with Crippen LogP contribution >= 0.6 is 60.8 Å². The standard InChI is InChI=1S/C13H9I2NO4S2/c14-21-19-10-5-12(11(7-17)13(6-10)20-22-15)18-8-9-3-1-2-4-16-9/h1-7H,8H2. The van der Waals surface area contributed by atoms with Gasteiger partial charge in [0.05, 0.1) is 5.69 Å². The van der Waals surface area contributed by atoms with Gasteiger partial charge in [0.2, 0.25) is 0 Å². The van der Waals surface area contributed by atoms with E-state index >= 15 is 0 Å². The first-order chi connectivity index (χ1) is 10.8. The fraction of sp³-hybridized carbons (Fsp3) is 0.0769. The summed E-state index contributed by atoms with van der Waals surface area (Å²) in [5.74, 6) is 1.33. The number of halogens is 2. The Morgan fingerprint density at radius 2 is 1.91 bits per heavy atom. The third-order valence-electron chi connectivity index (χ3n) is 2.55. The molecule has 2 rings (SSSR count). The lowest BCUT2D eigenvalue weighted by molar-refractivity contribution is 0.111. The van der Waals surface area contributed by atoms with Crippen molar-refractivity contribution in [2.75, 3.05) is 0 Å². The Kier molecular flexibility index (Phi) is 7.89. The number of benzene rings is 1. The van der Waals surface area contributed by atoms with Crippen LogP contribution in [0.1, 0.15) is 16.1 Å². The summed E-state index contributed by atoms with van der Waals surface area (Å²) in [5, 5.41) is 0. The Labute approximate surface area is 160 Å². The molecule has 0 N–H and O–H groups in total. The van der Waals surface area contributed by atoms with Crippen LogP contribution in [0.3, 0.4) is 0 Å². The second-order valence-corrected chi connectivity index (χ2v) is 6.60. The molecule has 2 aromatic rings. The highest BCUT2D eigenvalue weighted by Gasteiger charge is 2.15. The van der Waals surface area contributed by atoms with Crippen molar-refractivity contribution < 1.29 is 17.9 Å². The van der Waals surface area contributed by atoms with Crippen molar-refractivity contribution in [2.24, 2.45) is 0 Å². The number of pyridine rings is 1. The molecule has 0 amide bonds. The van der Waals surface area contributed by atoms with E-state index in [1.165, 1.54) is 9.21 Å². The van der Waals surface area contributed by atoms with Gasteiger partial charge in [0.15, 0.2) is 12.0 Å². The van der Waals surface area contributed by atoms with Crippen LogP contribution in [0.5, 0.6) is 17.2 Å². The monoisotopic (exact) mass is 561 g/mol. The Bertz CT molecular complexity index is 631. The lowest BCUT2D eigenvalue weighted by Gasteiger charge is -2.13. The fourth-order valence-electron chi connectivity index (χ4n) is 1.64. The number of aldehydes is 1. The van der Waals surface area contributed by atoms with E-state index in [4.69, 9.17) is 13.1 Å². The summed E-state index contributed by atoms with van der Waals surface area (Å²) in [6.45, 7) is 0.249. The number of aromatic nitrogens is 1. The molecule has 116 valence electrons. The largest absolute Gasteiger partial charge is 0.486 e. The molecular formula is C13H9I2NO4S2. The highest BCUT2D eigenvalue weighted by Crippen LogP contribution is 2.37. The van der Waals surface area contributed by atoms with Crippen molar-refractivity contribution in [3.63, 3.8) is 0 Å². The lowest BCUT2D eigenvalue weighted by atomic mass is 10.2. The maximum atomic E-state index is 11.4. The molecule has 0 bridgehead atoms. The van der Waals surface area contributed by atoms with Gasteiger partial charge in [-0.3, -0.25) is 9.78 Å². The maximum absolute atomic E-state index is 11.4. The number of rotatable bonds is 8. The van der Waals surface area contributed by atoms with Crippen LogP contribution in [0, 0.1) is 0 Å². The smallest absolute Gasteiger partial charge is 0.157 e. The van der Waals surface area contributed by atoms with Gasteiger partial charge < -0.3 is 13.1 Å². The van der Waals surface area contributed by atoms with Crippen molar-refractivity contribution in [1.82, 2.24) is 4.98 Å². The Hall–Kier alpha value is -0.400. The molecular weight excluding hydrogens is 552 g/mol. The van der Waals surface area contributed by atoms with Crippen LogP contribution in [-0.2, 0) is 6.61 Å². The van der Waals surface area contributed by atoms with Crippen LogP contribution in [-0.4, -0.2) is 11.3 Å². The molecule has 0 aliphatic heterocycles. The first kappa shape index (κ1) is 17.9. The number of hydrogen-bond donors (Lipinski definition) is 0. The highest BCUT2D eigenvalue weighted by atomic mass is 127. The molecule has 22 heavy (non-hydrogen) atoms. The first-order valence-corrected chi connectivity index (χ1v) is 12.4. The van der Waals surface area contributed by atoms with Gasteiger partial charge in [0.1, 0.15) is 42.1 Å². The molecule has 0 spiro atoms. The number of carbonyl (C=O) groups excluding carboxylic acids is 1. The van der Waals surface area contributed by atoms with Crippen molar-refractivity contribution in [1.29, 1.82) is 0 Å². The molecule has 1 aromatic heterocycles. The van der Waals surface area contributed by atoms with Crippen molar-refractivity contribution in [2.45, 2.75) is 6.61 Å². The first-order valence-electron chi connectivity index (χ1n) is 5.85. The minimum absolute atomic E-state index is 0.249. The number of nitrogens with zero attached hydrogens (tertiary/aromatic N) is 1. The van der Waals surface area contributed by atoms with Gasteiger partial charge >= 0.3 is 0 Å². The summed E-state index contributed by atoms with van der Waals surface area (Å²) in [6, 6.07) is 8.85. The molecule has 0 saturated heterocycles. The normalized spacial score (nSPS) is 10.1. The fourth-order valence-corrected chi connectivity index (χ4v) is 3.21. The second-order valence-electron chi connectivity index (χ2n) is 3.85. The summed E-state index contributed by atoms with van der Waals surface area (Å²) in [6.07, 6.45) is 2.39. The molecule has 0 saturated carbocycles. The van der Waals surface area contributed by atoms with E-state index in [1.807, 2.05) is 60.6 Å². The molecule has 0 aliphatic rings. The van der Waals surface area contributed by atoms with E-state index in [9.17, 15) is 4.79 Å². The number of carbonyl (C=O) groups is 1. The van der Waals surface area contributed by atoms with Crippen molar-refractivity contribution in [3.05, 3.63) is 47.8 Å². The zero-order valence-corrected chi connectivity index (χ0v) is 16.8. The van der Waals surface area contributed by atoms with Crippen LogP contribution in [0.25, 0.3) is 0 Å². The quantitative estimate of drug-likeness (QED) is 0.249. The van der Waals surface area contributed by atoms with E-state index < -0.39 is 0 Å². The Morgan fingerprint density at radius 3 is 2.55 bits per heavy atom. The lowest BCUT2D eigenvalue weighted by Crippen LogP contribution is -2.01.